The zero-order valence-electron chi connectivity index (χ0n) is 8.90. The molecule has 1 radical (unpaired) electrons. The van der Waals surface area contributed by atoms with Crippen molar-refractivity contribution in [2.45, 2.75) is 6.92 Å². The lowest BCUT2D eigenvalue weighted by atomic mass is 10.0. The number of rotatable bonds is 1. The number of benzene rings is 2. The van der Waals surface area contributed by atoms with Crippen molar-refractivity contribution >= 4 is 11.0 Å². The zero-order valence-corrected chi connectivity index (χ0v) is 8.90. The van der Waals surface area contributed by atoms with Crippen LogP contribution in [0.2, 0.25) is 0 Å². The van der Waals surface area contributed by atoms with Gasteiger partial charge in [0.05, 0.1) is 5.69 Å². The molecule has 0 fully saturated rings. The maximum absolute atomic E-state index is 5.18. The molecule has 0 atom stereocenters. The van der Waals surface area contributed by atoms with E-state index in [9.17, 15) is 0 Å². The van der Waals surface area contributed by atoms with E-state index in [4.69, 9.17) is 4.52 Å². The second-order valence-corrected chi connectivity index (χ2v) is 3.76. The van der Waals surface area contributed by atoms with Gasteiger partial charge in [0.1, 0.15) is 0 Å². The highest BCUT2D eigenvalue weighted by Gasteiger charge is 2.05. The van der Waals surface area contributed by atoms with Gasteiger partial charge in [0.25, 0.3) is 0 Å². The summed E-state index contributed by atoms with van der Waals surface area (Å²) in [6.07, 6.45) is 0. The Morgan fingerprint density at radius 3 is 2.94 bits per heavy atom. The van der Waals surface area contributed by atoms with Crippen molar-refractivity contribution in [3.63, 3.8) is 0 Å². The van der Waals surface area contributed by atoms with E-state index in [-0.39, 0.29) is 0 Å². The van der Waals surface area contributed by atoms with Crippen molar-refractivity contribution in [3.05, 3.63) is 54.2 Å². The van der Waals surface area contributed by atoms with Gasteiger partial charge >= 0.3 is 0 Å². The first-order valence-corrected chi connectivity index (χ1v) is 5.18. The Morgan fingerprint density at radius 2 is 2.12 bits per heavy atom. The van der Waals surface area contributed by atoms with Crippen LogP contribution in [-0.4, -0.2) is 5.16 Å². The number of nitrogens with zero attached hydrogens (tertiary/aromatic N) is 1. The first-order chi connectivity index (χ1) is 7.84. The Kier molecular flexibility index (Phi) is 2.00. The second kappa shape index (κ2) is 3.49. The van der Waals surface area contributed by atoms with Crippen LogP contribution in [0.3, 0.4) is 0 Å². The minimum atomic E-state index is 0.831. The molecule has 2 aromatic carbocycles. The fourth-order valence-electron chi connectivity index (χ4n) is 1.80. The predicted molar refractivity (Wildman–Crippen MR) is 63.0 cm³/mol. The Balaban J connectivity index is 2.22. The molecule has 0 saturated heterocycles. The molecular formula is C14H10NO. The molecule has 77 valence electrons. The van der Waals surface area contributed by atoms with E-state index >= 15 is 0 Å². The second-order valence-electron chi connectivity index (χ2n) is 3.76. The Hall–Kier alpha value is -2.09. The molecule has 0 spiro atoms. The summed E-state index contributed by atoms with van der Waals surface area (Å²) >= 11 is 0. The molecule has 2 heteroatoms. The first-order valence-electron chi connectivity index (χ1n) is 5.18. The summed E-state index contributed by atoms with van der Waals surface area (Å²) in [6, 6.07) is 17.2. The van der Waals surface area contributed by atoms with Crippen molar-refractivity contribution < 1.29 is 4.52 Å². The summed E-state index contributed by atoms with van der Waals surface area (Å²) in [5, 5.41) is 5.01. The van der Waals surface area contributed by atoms with Gasteiger partial charge in [-0.25, -0.2) is 0 Å². The molecule has 16 heavy (non-hydrogen) atoms. The highest BCUT2D eigenvalue weighted by molar-refractivity contribution is 5.84. The molecule has 0 bridgehead atoms. The summed E-state index contributed by atoms with van der Waals surface area (Å²) in [4.78, 5) is 0. The van der Waals surface area contributed by atoms with Crippen LogP contribution in [0.1, 0.15) is 5.69 Å². The molecule has 0 aliphatic carbocycles. The van der Waals surface area contributed by atoms with E-state index < -0.39 is 0 Å². The summed E-state index contributed by atoms with van der Waals surface area (Å²) in [5.41, 5.74) is 3.98. The lowest BCUT2D eigenvalue weighted by Gasteiger charge is -2.00. The topological polar surface area (TPSA) is 26.0 Å². The van der Waals surface area contributed by atoms with Gasteiger partial charge < -0.3 is 4.52 Å². The maximum Gasteiger partial charge on any atom is 0.167 e. The van der Waals surface area contributed by atoms with Crippen molar-refractivity contribution in [1.82, 2.24) is 5.16 Å². The molecule has 0 saturated carbocycles. The van der Waals surface area contributed by atoms with E-state index in [1.807, 2.05) is 43.3 Å². The summed E-state index contributed by atoms with van der Waals surface area (Å²) < 4.78 is 5.18. The minimum absolute atomic E-state index is 0.831. The van der Waals surface area contributed by atoms with Crippen molar-refractivity contribution in [3.8, 4) is 11.1 Å². The molecule has 0 N–H and O–H groups in total. The van der Waals surface area contributed by atoms with Crippen LogP contribution in [0.5, 0.6) is 0 Å². The number of aryl methyl sites for hydroxylation is 1. The maximum atomic E-state index is 5.18. The van der Waals surface area contributed by atoms with Gasteiger partial charge in [-0.1, -0.05) is 35.5 Å². The van der Waals surface area contributed by atoms with E-state index in [0.717, 1.165) is 27.8 Å². The number of hydrogen-bond donors (Lipinski definition) is 0. The third-order valence-corrected chi connectivity index (χ3v) is 2.67. The third-order valence-electron chi connectivity index (χ3n) is 2.67. The average Bonchev–Trinajstić information content (AvgIpc) is 2.72. The van der Waals surface area contributed by atoms with Crippen LogP contribution in [0.15, 0.2) is 47.0 Å². The van der Waals surface area contributed by atoms with Crippen LogP contribution in [0.4, 0.5) is 0 Å². The predicted octanol–water partition coefficient (Wildman–Crippen LogP) is 3.60. The molecule has 0 unspecified atom stereocenters. The van der Waals surface area contributed by atoms with Gasteiger partial charge in [0.2, 0.25) is 0 Å². The first kappa shape index (κ1) is 9.16. The zero-order chi connectivity index (χ0) is 11.0. The summed E-state index contributed by atoms with van der Waals surface area (Å²) in [5.74, 6) is 0. The molecule has 1 aromatic heterocycles. The molecular weight excluding hydrogens is 198 g/mol. The van der Waals surface area contributed by atoms with E-state index in [2.05, 4.69) is 17.3 Å². The lowest BCUT2D eigenvalue weighted by Crippen LogP contribution is -1.77. The van der Waals surface area contributed by atoms with Crippen molar-refractivity contribution in [2.24, 2.45) is 0 Å². The smallest absolute Gasteiger partial charge is 0.167 e. The lowest BCUT2D eigenvalue weighted by molar-refractivity contribution is 0.450. The Labute approximate surface area is 93.5 Å². The average molecular weight is 208 g/mol. The van der Waals surface area contributed by atoms with Crippen molar-refractivity contribution in [2.75, 3.05) is 0 Å². The molecule has 0 aliphatic rings. The Morgan fingerprint density at radius 1 is 1.19 bits per heavy atom. The van der Waals surface area contributed by atoms with Gasteiger partial charge in [-0.3, -0.25) is 0 Å². The van der Waals surface area contributed by atoms with Gasteiger partial charge in [0.15, 0.2) is 5.58 Å². The van der Waals surface area contributed by atoms with Crippen molar-refractivity contribution in [1.29, 1.82) is 0 Å². The monoisotopic (exact) mass is 208 g/mol. The fraction of sp³-hybridized carbons (Fsp3) is 0.0714. The largest absolute Gasteiger partial charge is 0.356 e. The molecule has 1 heterocycles. The molecule has 0 aliphatic heterocycles. The Bertz CT molecular complexity index is 626. The minimum Gasteiger partial charge on any atom is -0.356 e. The normalized spacial score (nSPS) is 10.8. The van der Waals surface area contributed by atoms with E-state index in [0.29, 0.717) is 0 Å². The number of hydrogen-bond acceptors (Lipinski definition) is 2. The van der Waals surface area contributed by atoms with Crippen LogP contribution < -0.4 is 0 Å². The summed E-state index contributed by atoms with van der Waals surface area (Å²) in [6.45, 7) is 1.95. The van der Waals surface area contributed by atoms with Gasteiger partial charge in [-0.05, 0) is 36.2 Å². The standard InChI is InChI=1S/C14H10NO/c1-10-13-9-12(7-8-14(13)16-15-10)11-5-3-2-4-6-11/h2-5,7-9H,1H3. The van der Waals surface area contributed by atoms with Crippen LogP contribution in [0.25, 0.3) is 22.1 Å². The number of aromatic nitrogens is 1. The highest BCUT2D eigenvalue weighted by Crippen LogP contribution is 2.25. The highest BCUT2D eigenvalue weighted by atomic mass is 16.5. The van der Waals surface area contributed by atoms with Crippen LogP contribution >= 0.6 is 0 Å². The van der Waals surface area contributed by atoms with Gasteiger partial charge in [-0.15, -0.1) is 0 Å². The van der Waals surface area contributed by atoms with Gasteiger partial charge in [-0.2, -0.15) is 0 Å². The van der Waals surface area contributed by atoms with E-state index in [1.165, 1.54) is 0 Å². The van der Waals surface area contributed by atoms with E-state index in [1.54, 1.807) is 0 Å². The molecule has 3 rings (SSSR count). The molecule has 0 amide bonds. The number of fused-ring (bicyclic) bond motifs is 1. The van der Waals surface area contributed by atoms with Crippen LogP contribution in [0, 0.1) is 13.0 Å². The van der Waals surface area contributed by atoms with Crippen LogP contribution in [-0.2, 0) is 0 Å². The quantitative estimate of drug-likeness (QED) is 0.610. The molecule has 2 nitrogen and oxygen atoms in total. The SMILES string of the molecule is Cc1noc2ccc(-c3[c]cccc3)cc12. The van der Waals surface area contributed by atoms with Gasteiger partial charge in [0, 0.05) is 5.39 Å². The third kappa shape index (κ3) is 1.39. The molecule has 3 aromatic rings. The summed E-state index contributed by atoms with van der Waals surface area (Å²) in [7, 11) is 0. The fourth-order valence-corrected chi connectivity index (χ4v) is 1.80.